The van der Waals surface area contributed by atoms with E-state index in [1.807, 2.05) is 61.5 Å². The molecule has 2 aromatic carbocycles. The zero-order chi connectivity index (χ0) is 21.0. The molecule has 1 aromatic heterocycles. The number of hydrogen-bond donors (Lipinski definition) is 2. The Balaban J connectivity index is 1.90. The standard InChI is InChI=1S/C20H22N4O3S2/c1-13(2)18(25)21-19-22-23-20(28-19)29(26,27)24-17(15-7-5-4-6-8-15)16-11-9-14(3)10-12-16/h4-13,17,24H,1-3H3,(H,21,22,25). The van der Waals surface area contributed by atoms with Crippen molar-refractivity contribution >= 4 is 32.4 Å². The van der Waals surface area contributed by atoms with Gasteiger partial charge in [-0.15, -0.1) is 10.2 Å². The van der Waals surface area contributed by atoms with Crippen LogP contribution in [0.2, 0.25) is 0 Å². The molecule has 1 atom stereocenters. The summed E-state index contributed by atoms with van der Waals surface area (Å²) in [6.45, 7) is 5.45. The summed E-state index contributed by atoms with van der Waals surface area (Å²) in [5, 5.41) is 10.3. The first kappa shape index (κ1) is 21.1. The molecule has 3 aromatic rings. The molecule has 29 heavy (non-hydrogen) atoms. The number of sulfonamides is 1. The lowest BCUT2D eigenvalue weighted by Gasteiger charge is -2.19. The van der Waals surface area contributed by atoms with Gasteiger partial charge in [-0.1, -0.05) is 85.3 Å². The number of rotatable bonds is 7. The van der Waals surface area contributed by atoms with Crippen LogP contribution in [0.4, 0.5) is 5.13 Å². The predicted molar refractivity (Wildman–Crippen MR) is 113 cm³/mol. The molecule has 3 rings (SSSR count). The Labute approximate surface area is 174 Å². The Morgan fingerprint density at radius 3 is 2.21 bits per heavy atom. The molecule has 0 aliphatic rings. The van der Waals surface area contributed by atoms with Crippen LogP contribution >= 0.6 is 11.3 Å². The van der Waals surface area contributed by atoms with Crippen molar-refractivity contribution in [2.24, 2.45) is 5.92 Å². The fourth-order valence-electron chi connectivity index (χ4n) is 2.56. The Morgan fingerprint density at radius 1 is 0.966 bits per heavy atom. The maximum atomic E-state index is 13.0. The first-order valence-electron chi connectivity index (χ1n) is 9.04. The van der Waals surface area contributed by atoms with Crippen LogP contribution in [0.5, 0.6) is 0 Å². The number of aromatic nitrogens is 2. The van der Waals surface area contributed by atoms with Gasteiger partial charge in [0.1, 0.15) is 0 Å². The van der Waals surface area contributed by atoms with Gasteiger partial charge in [-0.25, -0.2) is 8.42 Å². The van der Waals surface area contributed by atoms with Crippen molar-refractivity contribution in [2.75, 3.05) is 5.32 Å². The fraction of sp³-hybridized carbons (Fsp3) is 0.250. The number of carbonyl (C=O) groups is 1. The summed E-state index contributed by atoms with van der Waals surface area (Å²) in [5.41, 5.74) is 2.69. The van der Waals surface area contributed by atoms with Crippen molar-refractivity contribution in [3.63, 3.8) is 0 Å². The molecule has 0 aliphatic heterocycles. The number of nitrogens with zero attached hydrogens (tertiary/aromatic N) is 2. The minimum absolute atomic E-state index is 0.149. The Hall–Kier alpha value is -2.62. The van der Waals surface area contributed by atoms with Gasteiger partial charge in [-0.05, 0) is 18.1 Å². The van der Waals surface area contributed by atoms with Crippen molar-refractivity contribution in [2.45, 2.75) is 31.2 Å². The third kappa shape index (κ3) is 5.26. The van der Waals surface area contributed by atoms with Crippen molar-refractivity contribution < 1.29 is 13.2 Å². The zero-order valence-corrected chi connectivity index (χ0v) is 17.9. The first-order chi connectivity index (χ1) is 13.8. The SMILES string of the molecule is Cc1ccc(C(NS(=O)(=O)c2nnc(NC(=O)C(C)C)s2)c2ccccc2)cc1. The average Bonchev–Trinajstić information content (AvgIpc) is 3.17. The Kier molecular flexibility index (Phi) is 6.41. The molecular weight excluding hydrogens is 408 g/mol. The number of carbonyl (C=O) groups excluding carboxylic acids is 1. The molecule has 0 bridgehead atoms. The van der Waals surface area contributed by atoms with E-state index in [9.17, 15) is 13.2 Å². The van der Waals surface area contributed by atoms with Crippen molar-refractivity contribution in [3.8, 4) is 0 Å². The van der Waals surface area contributed by atoms with E-state index in [0.29, 0.717) is 0 Å². The molecule has 1 heterocycles. The average molecular weight is 431 g/mol. The minimum Gasteiger partial charge on any atom is -0.300 e. The van der Waals surface area contributed by atoms with E-state index in [-0.39, 0.29) is 21.3 Å². The van der Waals surface area contributed by atoms with E-state index in [0.717, 1.165) is 28.0 Å². The monoisotopic (exact) mass is 430 g/mol. The summed E-state index contributed by atoms with van der Waals surface area (Å²) in [7, 11) is -3.96. The highest BCUT2D eigenvalue weighted by Gasteiger charge is 2.27. The van der Waals surface area contributed by atoms with E-state index < -0.39 is 16.1 Å². The van der Waals surface area contributed by atoms with Crippen molar-refractivity contribution in [3.05, 3.63) is 71.3 Å². The molecule has 0 spiro atoms. The maximum Gasteiger partial charge on any atom is 0.270 e. The smallest absolute Gasteiger partial charge is 0.270 e. The third-order valence-corrected chi connectivity index (χ3v) is 6.84. The molecule has 0 saturated carbocycles. The van der Waals surface area contributed by atoms with Crippen LogP contribution in [0.15, 0.2) is 58.9 Å². The van der Waals surface area contributed by atoms with Crippen LogP contribution < -0.4 is 10.0 Å². The van der Waals surface area contributed by atoms with Gasteiger partial charge in [0, 0.05) is 5.92 Å². The Morgan fingerprint density at radius 2 is 1.59 bits per heavy atom. The normalized spacial score (nSPS) is 12.7. The summed E-state index contributed by atoms with van der Waals surface area (Å²) >= 11 is 0.816. The topological polar surface area (TPSA) is 101 Å². The van der Waals surface area contributed by atoms with Crippen molar-refractivity contribution in [1.29, 1.82) is 0 Å². The minimum atomic E-state index is -3.96. The van der Waals surface area contributed by atoms with Crippen LogP contribution in [0.1, 0.15) is 36.6 Å². The van der Waals surface area contributed by atoms with Crippen LogP contribution in [-0.4, -0.2) is 24.5 Å². The summed E-state index contributed by atoms with van der Waals surface area (Å²) in [4.78, 5) is 11.8. The highest BCUT2D eigenvalue weighted by atomic mass is 32.2. The molecule has 7 nitrogen and oxygen atoms in total. The number of nitrogens with one attached hydrogen (secondary N) is 2. The number of amides is 1. The first-order valence-corrected chi connectivity index (χ1v) is 11.3. The molecule has 2 N–H and O–H groups in total. The zero-order valence-electron chi connectivity index (χ0n) is 16.3. The summed E-state index contributed by atoms with van der Waals surface area (Å²) in [6, 6.07) is 16.4. The van der Waals surface area contributed by atoms with Crippen molar-refractivity contribution in [1.82, 2.24) is 14.9 Å². The van der Waals surface area contributed by atoms with Crippen LogP contribution in [-0.2, 0) is 14.8 Å². The summed E-state index contributed by atoms with van der Waals surface area (Å²) in [5.74, 6) is -0.499. The van der Waals surface area contributed by atoms with E-state index in [1.165, 1.54) is 0 Å². The second-order valence-corrected chi connectivity index (χ2v) is 9.76. The lowest BCUT2D eigenvalue weighted by molar-refractivity contribution is -0.118. The summed E-state index contributed by atoms with van der Waals surface area (Å²) < 4.78 is 28.5. The highest BCUT2D eigenvalue weighted by molar-refractivity contribution is 7.91. The van der Waals surface area contributed by atoms with Gasteiger partial charge >= 0.3 is 0 Å². The van der Waals surface area contributed by atoms with E-state index >= 15 is 0 Å². The van der Waals surface area contributed by atoms with Gasteiger partial charge in [-0.2, -0.15) is 4.72 Å². The molecule has 0 radical (unpaired) electrons. The predicted octanol–water partition coefficient (Wildman–Crippen LogP) is 3.51. The van der Waals surface area contributed by atoms with Gasteiger partial charge < -0.3 is 5.32 Å². The molecule has 0 aliphatic carbocycles. The van der Waals surface area contributed by atoms with Gasteiger partial charge in [-0.3, -0.25) is 4.79 Å². The number of aryl methyl sites for hydroxylation is 1. The number of hydrogen-bond acceptors (Lipinski definition) is 6. The molecule has 9 heteroatoms. The molecule has 0 saturated heterocycles. The molecular formula is C20H22N4O3S2. The molecule has 0 fully saturated rings. The van der Waals surface area contributed by atoms with Gasteiger partial charge in [0.05, 0.1) is 6.04 Å². The second kappa shape index (κ2) is 8.81. The maximum absolute atomic E-state index is 13.0. The summed E-state index contributed by atoms with van der Waals surface area (Å²) in [6.07, 6.45) is 0. The number of benzene rings is 2. The fourth-order valence-corrected chi connectivity index (χ4v) is 4.69. The van der Waals surface area contributed by atoms with Gasteiger partial charge in [0.15, 0.2) is 0 Å². The lowest BCUT2D eigenvalue weighted by Crippen LogP contribution is -2.29. The molecule has 1 amide bonds. The molecule has 1 unspecified atom stereocenters. The van der Waals surface area contributed by atoms with E-state index in [4.69, 9.17) is 0 Å². The van der Waals surface area contributed by atoms with Gasteiger partial charge in [0.2, 0.25) is 15.4 Å². The highest BCUT2D eigenvalue weighted by Crippen LogP contribution is 2.27. The van der Waals surface area contributed by atoms with Gasteiger partial charge in [0.25, 0.3) is 10.0 Å². The second-order valence-electron chi connectivity index (χ2n) is 6.89. The third-order valence-electron chi connectivity index (χ3n) is 4.21. The van der Waals surface area contributed by atoms with Crippen LogP contribution in [0.25, 0.3) is 0 Å². The number of anilines is 1. The molecule has 152 valence electrons. The van der Waals surface area contributed by atoms with E-state index in [1.54, 1.807) is 13.8 Å². The largest absolute Gasteiger partial charge is 0.300 e. The Bertz CT molecular complexity index is 1080. The lowest BCUT2D eigenvalue weighted by atomic mass is 9.99. The quantitative estimate of drug-likeness (QED) is 0.559. The van der Waals surface area contributed by atoms with E-state index in [2.05, 4.69) is 20.2 Å². The van der Waals surface area contributed by atoms with Crippen LogP contribution in [0, 0.1) is 12.8 Å². The van der Waals surface area contributed by atoms with Crippen LogP contribution in [0.3, 0.4) is 0 Å².